The van der Waals surface area contributed by atoms with E-state index < -0.39 is 0 Å². The summed E-state index contributed by atoms with van der Waals surface area (Å²) in [4.78, 5) is 0. The van der Waals surface area contributed by atoms with Crippen LogP contribution in [0.2, 0.25) is 5.02 Å². The van der Waals surface area contributed by atoms with Gasteiger partial charge in [0.15, 0.2) is 0 Å². The number of halogens is 1. The first-order chi connectivity index (χ1) is 14.1. The van der Waals surface area contributed by atoms with Crippen LogP contribution < -0.4 is 10.4 Å². The van der Waals surface area contributed by atoms with Crippen molar-refractivity contribution in [1.82, 2.24) is 0 Å². The maximum Gasteiger partial charge on any atom is 0.0406 e. The number of hydrogen-bond acceptors (Lipinski definition) is 0. The van der Waals surface area contributed by atoms with Crippen LogP contribution in [0.15, 0.2) is 92.0 Å². The van der Waals surface area contributed by atoms with Crippen LogP contribution in [0.5, 0.6) is 0 Å². The molecule has 0 N–H and O–H groups in total. The molecule has 0 heterocycles. The Morgan fingerprint density at radius 2 is 1.17 bits per heavy atom. The smallest absolute Gasteiger partial charge is 0.0406 e. The van der Waals surface area contributed by atoms with Crippen LogP contribution in [0.4, 0.5) is 0 Å². The maximum absolute atomic E-state index is 6.09. The average molecular weight is 399 g/mol. The van der Waals surface area contributed by atoms with E-state index in [0.717, 1.165) is 29.0 Å². The van der Waals surface area contributed by atoms with Crippen LogP contribution in [0, 0.1) is 0 Å². The molecule has 0 aromatic heterocycles. The zero-order valence-corrected chi connectivity index (χ0v) is 18.0. The van der Waals surface area contributed by atoms with E-state index in [9.17, 15) is 0 Å². The zero-order chi connectivity index (χ0) is 20.8. The molecule has 146 valence electrons. The standard InChI is InChI=1S/C28H27Cl/c1-5-20-19-28(26(8-4)23-14-16-24(29)17-15-23)21(6-2)18-27(20)25(7-3)22-12-10-9-11-13-22/h7-19H,3-6H2,1-2H3/b27-25+,28-26+. The van der Waals surface area contributed by atoms with Gasteiger partial charge in [-0.05, 0) is 68.8 Å². The van der Waals surface area contributed by atoms with Crippen molar-refractivity contribution >= 4 is 22.7 Å². The highest BCUT2D eigenvalue weighted by Crippen LogP contribution is 2.18. The van der Waals surface area contributed by atoms with Gasteiger partial charge >= 0.3 is 0 Å². The highest BCUT2D eigenvalue weighted by Gasteiger charge is 2.08. The molecule has 3 aromatic rings. The lowest BCUT2D eigenvalue weighted by molar-refractivity contribution is 1.06. The van der Waals surface area contributed by atoms with Gasteiger partial charge in [-0.15, -0.1) is 0 Å². The molecule has 1 heteroatoms. The van der Waals surface area contributed by atoms with Crippen LogP contribution in [0.3, 0.4) is 0 Å². The van der Waals surface area contributed by atoms with Gasteiger partial charge in [-0.2, -0.15) is 0 Å². The second-order valence-corrected chi connectivity index (χ2v) is 7.42. The van der Waals surface area contributed by atoms with Crippen molar-refractivity contribution in [2.24, 2.45) is 0 Å². The molecular formula is C28H27Cl. The Morgan fingerprint density at radius 3 is 1.59 bits per heavy atom. The minimum Gasteiger partial charge on any atom is -0.0984 e. The lowest BCUT2D eigenvalue weighted by atomic mass is 9.92. The Balaban J connectivity index is 2.41. The first-order valence-electron chi connectivity index (χ1n) is 10.1. The largest absolute Gasteiger partial charge is 0.0984 e. The normalized spacial score (nSPS) is 12.9. The van der Waals surface area contributed by atoms with Crippen molar-refractivity contribution in [2.75, 3.05) is 0 Å². The van der Waals surface area contributed by atoms with Gasteiger partial charge in [0.2, 0.25) is 0 Å². The Morgan fingerprint density at radius 1 is 0.724 bits per heavy atom. The summed E-state index contributed by atoms with van der Waals surface area (Å²) in [5.74, 6) is 0. The minimum absolute atomic E-state index is 0.741. The third-order valence-corrected chi connectivity index (χ3v) is 5.57. The summed E-state index contributed by atoms with van der Waals surface area (Å²) in [5.41, 5.74) is 7.25. The van der Waals surface area contributed by atoms with Crippen molar-refractivity contribution in [3.63, 3.8) is 0 Å². The van der Waals surface area contributed by atoms with Crippen molar-refractivity contribution in [3.8, 4) is 0 Å². The third-order valence-electron chi connectivity index (χ3n) is 5.32. The maximum atomic E-state index is 6.09. The van der Waals surface area contributed by atoms with Gasteiger partial charge in [0.05, 0.1) is 0 Å². The summed E-state index contributed by atoms with van der Waals surface area (Å²) in [7, 11) is 0. The second-order valence-electron chi connectivity index (χ2n) is 6.98. The SMILES string of the molecule is C=C/C(c1ccccc1)=c1/cc(CC)/c(=C(\C=C)c2ccc(Cl)cc2)cc1CC. The van der Waals surface area contributed by atoms with Gasteiger partial charge in [-0.3, -0.25) is 0 Å². The molecular weight excluding hydrogens is 372 g/mol. The topological polar surface area (TPSA) is 0 Å². The highest BCUT2D eigenvalue weighted by molar-refractivity contribution is 6.30. The van der Waals surface area contributed by atoms with E-state index in [2.05, 4.69) is 75.5 Å². The lowest BCUT2D eigenvalue weighted by Crippen LogP contribution is -2.23. The van der Waals surface area contributed by atoms with Crippen LogP contribution in [0.1, 0.15) is 36.1 Å². The molecule has 0 spiro atoms. The summed E-state index contributed by atoms with van der Waals surface area (Å²) in [6.45, 7) is 12.6. The third kappa shape index (κ3) is 4.44. The Bertz CT molecular complexity index is 1130. The monoisotopic (exact) mass is 398 g/mol. The molecule has 0 saturated heterocycles. The number of aryl methyl sites for hydroxylation is 2. The highest BCUT2D eigenvalue weighted by atomic mass is 35.5. The van der Waals surface area contributed by atoms with Crippen molar-refractivity contribution < 1.29 is 0 Å². The molecule has 0 unspecified atom stereocenters. The molecule has 3 rings (SSSR count). The Hall–Kier alpha value is -2.83. The number of benzene rings is 3. The van der Waals surface area contributed by atoms with Gasteiger partial charge in [0, 0.05) is 5.02 Å². The van der Waals surface area contributed by atoms with Crippen molar-refractivity contribution in [1.29, 1.82) is 0 Å². The molecule has 0 atom stereocenters. The quantitative estimate of drug-likeness (QED) is 0.461. The zero-order valence-electron chi connectivity index (χ0n) is 17.2. The number of hydrogen-bond donors (Lipinski definition) is 0. The fourth-order valence-electron chi connectivity index (χ4n) is 3.79. The molecule has 0 amide bonds. The van der Waals surface area contributed by atoms with Gasteiger partial charge in [-0.1, -0.05) is 105 Å². The number of rotatable bonds is 6. The Kier molecular flexibility index (Phi) is 6.90. The predicted molar refractivity (Wildman–Crippen MR) is 128 cm³/mol. The molecule has 0 aliphatic rings. The molecule has 29 heavy (non-hydrogen) atoms. The van der Waals surface area contributed by atoms with Gasteiger partial charge in [0.25, 0.3) is 0 Å². The second kappa shape index (κ2) is 9.58. The van der Waals surface area contributed by atoms with E-state index in [1.807, 2.05) is 30.4 Å². The van der Waals surface area contributed by atoms with Crippen molar-refractivity contribution in [2.45, 2.75) is 26.7 Å². The first-order valence-corrected chi connectivity index (χ1v) is 10.5. The summed E-state index contributed by atoms with van der Waals surface area (Å²) >= 11 is 6.09. The van der Waals surface area contributed by atoms with E-state index in [1.54, 1.807) is 0 Å². The van der Waals surface area contributed by atoms with E-state index in [0.29, 0.717) is 0 Å². The molecule has 0 aliphatic heterocycles. The van der Waals surface area contributed by atoms with Gasteiger partial charge in [-0.25, -0.2) is 0 Å². The van der Waals surface area contributed by atoms with Crippen molar-refractivity contribution in [3.05, 3.63) is 130 Å². The average Bonchev–Trinajstić information content (AvgIpc) is 2.77. The van der Waals surface area contributed by atoms with Crippen LogP contribution in [0.25, 0.3) is 11.1 Å². The first kappa shape index (κ1) is 20.9. The molecule has 0 bridgehead atoms. The summed E-state index contributed by atoms with van der Waals surface area (Å²) in [5, 5.41) is 3.24. The molecule has 0 saturated carbocycles. The lowest BCUT2D eigenvalue weighted by Gasteiger charge is -2.12. The molecule has 0 radical (unpaired) electrons. The minimum atomic E-state index is 0.741. The van der Waals surface area contributed by atoms with E-state index in [-0.39, 0.29) is 0 Å². The van der Waals surface area contributed by atoms with E-state index in [4.69, 9.17) is 11.6 Å². The van der Waals surface area contributed by atoms with Crippen LogP contribution in [-0.4, -0.2) is 0 Å². The number of allylic oxidation sites excluding steroid dienone is 2. The summed E-state index contributed by atoms with van der Waals surface area (Å²) < 4.78 is 0. The Labute approximate surface area is 179 Å². The summed E-state index contributed by atoms with van der Waals surface area (Å²) in [6.07, 6.45) is 5.81. The summed E-state index contributed by atoms with van der Waals surface area (Å²) in [6, 6.07) is 23.1. The van der Waals surface area contributed by atoms with Crippen LogP contribution >= 0.6 is 11.6 Å². The van der Waals surface area contributed by atoms with Crippen LogP contribution in [-0.2, 0) is 12.8 Å². The molecule has 3 aromatic carbocycles. The molecule has 0 fully saturated rings. The van der Waals surface area contributed by atoms with E-state index >= 15 is 0 Å². The van der Waals surface area contributed by atoms with E-state index in [1.165, 1.54) is 32.7 Å². The van der Waals surface area contributed by atoms with Gasteiger partial charge in [0.1, 0.15) is 0 Å². The predicted octanol–water partition coefficient (Wildman–Crippen LogP) is 6.23. The fraction of sp³-hybridized carbons (Fsp3) is 0.143. The van der Waals surface area contributed by atoms with Gasteiger partial charge < -0.3 is 0 Å². The molecule has 0 aliphatic carbocycles. The fourth-order valence-corrected chi connectivity index (χ4v) is 3.92. The molecule has 0 nitrogen and oxygen atoms in total.